The average Bonchev–Trinajstić information content (AvgIpc) is 2.87. The maximum atomic E-state index is 12.3. The minimum absolute atomic E-state index is 0.00361. The lowest BCUT2D eigenvalue weighted by Gasteiger charge is -2.05. The molecule has 0 amide bonds. The summed E-state index contributed by atoms with van der Waals surface area (Å²) in [4.78, 5) is 16.5. The van der Waals surface area contributed by atoms with Crippen LogP contribution in [0, 0.1) is 0 Å². The van der Waals surface area contributed by atoms with Crippen LogP contribution in [0.25, 0.3) is 0 Å². The molecule has 0 N–H and O–H groups in total. The van der Waals surface area contributed by atoms with Gasteiger partial charge >= 0.3 is 0 Å². The Labute approximate surface area is 107 Å². The summed E-state index contributed by atoms with van der Waals surface area (Å²) in [6.07, 6.45) is 5.52. The molecule has 0 fully saturated rings. The van der Waals surface area contributed by atoms with Crippen LogP contribution < -0.4 is 0 Å². The first-order chi connectivity index (χ1) is 8.76. The number of ketones is 1. The molecule has 0 atom stereocenters. The molecule has 0 unspecified atom stereocenters. The molecule has 0 bridgehead atoms. The van der Waals surface area contributed by atoms with E-state index in [9.17, 15) is 4.79 Å². The van der Waals surface area contributed by atoms with Crippen molar-refractivity contribution in [2.75, 3.05) is 0 Å². The minimum atomic E-state index is -0.00361. The number of nitrogens with zero attached hydrogens (tertiary/aromatic N) is 2. The summed E-state index contributed by atoms with van der Waals surface area (Å²) in [5.41, 5.74) is 1.94. The Morgan fingerprint density at radius 1 is 1.22 bits per heavy atom. The highest BCUT2D eigenvalue weighted by molar-refractivity contribution is 6.06. The molecule has 94 valence electrons. The van der Waals surface area contributed by atoms with Crippen LogP contribution in [0.3, 0.4) is 0 Å². The molecule has 0 aliphatic heterocycles. The van der Waals surface area contributed by atoms with Crippen LogP contribution in [0.5, 0.6) is 0 Å². The second kappa shape index (κ2) is 5.63. The Balaban J connectivity index is 2.26. The SMILES string of the molecule is CCCn1ccnc1C(=O)c1ccc(CC)cc1. The summed E-state index contributed by atoms with van der Waals surface area (Å²) in [6.45, 7) is 5.02. The summed E-state index contributed by atoms with van der Waals surface area (Å²) in [5, 5.41) is 0. The minimum Gasteiger partial charge on any atom is -0.328 e. The van der Waals surface area contributed by atoms with Crippen molar-refractivity contribution in [1.82, 2.24) is 9.55 Å². The van der Waals surface area contributed by atoms with Gasteiger partial charge in [-0.05, 0) is 18.4 Å². The highest BCUT2D eigenvalue weighted by atomic mass is 16.1. The zero-order valence-electron chi connectivity index (χ0n) is 10.9. The third kappa shape index (κ3) is 2.50. The van der Waals surface area contributed by atoms with Crippen molar-refractivity contribution in [1.29, 1.82) is 0 Å². The Morgan fingerprint density at radius 2 is 1.94 bits per heavy atom. The van der Waals surface area contributed by atoms with Crippen LogP contribution in [-0.4, -0.2) is 15.3 Å². The first-order valence-electron chi connectivity index (χ1n) is 6.41. The van der Waals surface area contributed by atoms with Gasteiger partial charge < -0.3 is 4.57 Å². The van der Waals surface area contributed by atoms with E-state index in [0.717, 1.165) is 19.4 Å². The van der Waals surface area contributed by atoms with E-state index < -0.39 is 0 Å². The number of aromatic nitrogens is 2. The molecule has 18 heavy (non-hydrogen) atoms. The van der Waals surface area contributed by atoms with Gasteiger partial charge in [0.15, 0.2) is 5.82 Å². The number of hydrogen-bond donors (Lipinski definition) is 0. The van der Waals surface area contributed by atoms with Crippen LogP contribution in [0.2, 0.25) is 0 Å². The second-order valence-electron chi connectivity index (χ2n) is 4.32. The molecular weight excluding hydrogens is 224 g/mol. The number of rotatable bonds is 5. The quantitative estimate of drug-likeness (QED) is 0.755. The second-order valence-corrected chi connectivity index (χ2v) is 4.32. The van der Waals surface area contributed by atoms with Crippen LogP contribution in [-0.2, 0) is 13.0 Å². The number of benzene rings is 1. The van der Waals surface area contributed by atoms with Crippen LogP contribution in [0.4, 0.5) is 0 Å². The molecule has 1 aromatic carbocycles. The fraction of sp³-hybridized carbons (Fsp3) is 0.333. The van der Waals surface area contributed by atoms with Gasteiger partial charge in [-0.1, -0.05) is 38.1 Å². The molecule has 2 aromatic rings. The standard InChI is InChI=1S/C15H18N2O/c1-3-10-17-11-9-16-15(17)14(18)13-7-5-12(4-2)6-8-13/h5-9,11H,3-4,10H2,1-2H3. The topological polar surface area (TPSA) is 34.9 Å². The van der Waals surface area contributed by atoms with E-state index in [4.69, 9.17) is 0 Å². The first-order valence-corrected chi connectivity index (χ1v) is 6.41. The maximum absolute atomic E-state index is 12.3. The molecule has 2 rings (SSSR count). The van der Waals surface area contributed by atoms with Gasteiger partial charge in [-0.15, -0.1) is 0 Å². The Kier molecular flexibility index (Phi) is 3.92. The third-order valence-corrected chi connectivity index (χ3v) is 3.01. The van der Waals surface area contributed by atoms with Gasteiger partial charge in [-0.25, -0.2) is 4.98 Å². The van der Waals surface area contributed by atoms with Gasteiger partial charge in [-0.2, -0.15) is 0 Å². The highest BCUT2D eigenvalue weighted by Crippen LogP contribution is 2.11. The first kappa shape index (κ1) is 12.6. The van der Waals surface area contributed by atoms with Gasteiger partial charge in [-0.3, -0.25) is 4.79 Å². The predicted molar refractivity (Wildman–Crippen MR) is 71.8 cm³/mol. The fourth-order valence-corrected chi connectivity index (χ4v) is 1.96. The molecule has 0 aliphatic rings. The van der Waals surface area contributed by atoms with Crippen LogP contribution in [0.1, 0.15) is 42.0 Å². The van der Waals surface area contributed by atoms with E-state index in [-0.39, 0.29) is 5.78 Å². The Hall–Kier alpha value is -1.90. The summed E-state index contributed by atoms with van der Waals surface area (Å²) in [5.74, 6) is 0.525. The van der Waals surface area contributed by atoms with Gasteiger partial charge in [0.25, 0.3) is 0 Å². The third-order valence-electron chi connectivity index (χ3n) is 3.01. The number of aryl methyl sites for hydroxylation is 2. The fourth-order valence-electron chi connectivity index (χ4n) is 1.96. The van der Waals surface area contributed by atoms with E-state index in [1.165, 1.54) is 5.56 Å². The molecule has 0 spiro atoms. The van der Waals surface area contributed by atoms with Gasteiger partial charge in [0.05, 0.1) is 0 Å². The largest absolute Gasteiger partial charge is 0.328 e. The van der Waals surface area contributed by atoms with Crippen molar-refractivity contribution in [2.45, 2.75) is 33.2 Å². The van der Waals surface area contributed by atoms with Crippen molar-refractivity contribution in [3.05, 3.63) is 53.6 Å². The number of imidazole rings is 1. The molecular formula is C15H18N2O. The highest BCUT2D eigenvalue weighted by Gasteiger charge is 2.14. The maximum Gasteiger partial charge on any atom is 0.228 e. The molecule has 0 saturated heterocycles. The van der Waals surface area contributed by atoms with Crippen LogP contribution in [0.15, 0.2) is 36.7 Å². The molecule has 0 aliphatic carbocycles. The molecule has 1 aromatic heterocycles. The van der Waals surface area contributed by atoms with Crippen molar-refractivity contribution in [3.63, 3.8) is 0 Å². The van der Waals surface area contributed by atoms with E-state index in [1.54, 1.807) is 6.20 Å². The lowest BCUT2D eigenvalue weighted by molar-refractivity contribution is 0.102. The van der Waals surface area contributed by atoms with E-state index in [2.05, 4.69) is 18.8 Å². The molecule has 0 radical (unpaired) electrons. The van der Waals surface area contributed by atoms with E-state index in [0.29, 0.717) is 11.4 Å². The average molecular weight is 242 g/mol. The zero-order chi connectivity index (χ0) is 13.0. The van der Waals surface area contributed by atoms with Gasteiger partial charge in [0, 0.05) is 24.5 Å². The normalized spacial score (nSPS) is 10.6. The summed E-state index contributed by atoms with van der Waals surface area (Å²) >= 11 is 0. The Bertz CT molecular complexity index is 526. The monoisotopic (exact) mass is 242 g/mol. The van der Waals surface area contributed by atoms with Crippen molar-refractivity contribution >= 4 is 5.78 Å². The summed E-state index contributed by atoms with van der Waals surface area (Å²) in [7, 11) is 0. The lowest BCUT2D eigenvalue weighted by atomic mass is 10.1. The number of carbonyl (C=O) groups is 1. The molecule has 3 heteroatoms. The van der Waals surface area contributed by atoms with Crippen molar-refractivity contribution in [2.24, 2.45) is 0 Å². The lowest BCUT2D eigenvalue weighted by Crippen LogP contribution is -2.11. The van der Waals surface area contributed by atoms with Crippen molar-refractivity contribution in [3.8, 4) is 0 Å². The smallest absolute Gasteiger partial charge is 0.228 e. The number of carbonyl (C=O) groups excluding carboxylic acids is 1. The van der Waals surface area contributed by atoms with E-state index in [1.807, 2.05) is 35.0 Å². The van der Waals surface area contributed by atoms with Gasteiger partial charge in [0.2, 0.25) is 5.78 Å². The zero-order valence-corrected chi connectivity index (χ0v) is 10.9. The van der Waals surface area contributed by atoms with E-state index >= 15 is 0 Å². The molecule has 1 heterocycles. The van der Waals surface area contributed by atoms with Crippen LogP contribution >= 0.6 is 0 Å². The summed E-state index contributed by atoms with van der Waals surface area (Å²) < 4.78 is 1.91. The Morgan fingerprint density at radius 3 is 2.56 bits per heavy atom. The van der Waals surface area contributed by atoms with Crippen molar-refractivity contribution < 1.29 is 4.79 Å². The van der Waals surface area contributed by atoms with Gasteiger partial charge in [0.1, 0.15) is 0 Å². The predicted octanol–water partition coefficient (Wildman–Crippen LogP) is 3.09. The molecule has 0 saturated carbocycles. The number of hydrogen-bond acceptors (Lipinski definition) is 2. The molecule has 3 nitrogen and oxygen atoms in total. The summed E-state index contributed by atoms with van der Waals surface area (Å²) in [6, 6.07) is 7.76.